The molecule has 8 nitrogen and oxygen atoms in total. The van der Waals surface area contributed by atoms with E-state index in [1.807, 2.05) is 0 Å². The minimum atomic E-state index is -0.647. The summed E-state index contributed by atoms with van der Waals surface area (Å²) in [7, 11) is 0. The lowest BCUT2D eigenvalue weighted by Gasteiger charge is -2.34. The maximum Gasteiger partial charge on any atom is 0.321 e. The van der Waals surface area contributed by atoms with Gasteiger partial charge in [-0.3, -0.25) is 14.9 Å². The van der Waals surface area contributed by atoms with Crippen molar-refractivity contribution in [2.24, 2.45) is 0 Å². The molecule has 1 aliphatic heterocycles. The van der Waals surface area contributed by atoms with Gasteiger partial charge in [0.05, 0.1) is 4.92 Å². The molecule has 2 aromatic carbocycles. The van der Waals surface area contributed by atoms with E-state index in [2.05, 4.69) is 5.32 Å². The van der Waals surface area contributed by atoms with Crippen LogP contribution in [0.1, 0.15) is 10.4 Å². The van der Waals surface area contributed by atoms with Gasteiger partial charge >= 0.3 is 6.03 Å². The van der Waals surface area contributed by atoms with E-state index in [9.17, 15) is 24.1 Å². The zero-order chi connectivity index (χ0) is 20.3. The van der Waals surface area contributed by atoms with Gasteiger partial charge in [-0.2, -0.15) is 0 Å². The number of piperazine rings is 1. The largest absolute Gasteiger partial charge is 0.335 e. The molecule has 28 heavy (non-hydrogen) atoms. The Kier molecular flexibility index (Phi) is 5.74. The minimum absolute atomic E-state index is 0.0430. The predicted octanol–water partition coefficient (Wildman–Crippen LogP) is 3.38. The quantitative estimate of drug-likeness (QED) is 0.624. The lowest BCUT2D eigenvalue weighted by molar-refractivity contribution is -0.385. The predicted molar refractivity (Wildman–Crippen MR) is 101 cm³/mol. The number of nitro groups is 1. The van der Waals surface area contributed by atoms with Gasteiger partial charge in [0.25, 0.3) is 11.6 Å². The number of halogens is 2. The summed E-state index contributed by atoms with van der Waals surface area (Å²) >= 11 is 5.78. The van der Waals surface area contributed by atoms with Crippen LogP contribution < -0.4 is 5.32 Å². The van der Waals surface area contributed by atoms with E-state index in [1.54, 1.807) is 0 Å². The second kappa shape index (κ2) is 8.22. The second-order valence-electron chi connectivity index (χ2n) is 6.13. The first-order chi connectivity index (χ1) is 13.3. The normalized spacial score (nSPS) is 13.9. The van der Waals surface area contributed by atoms with E-state index >= 15 is 0 Å². The molecule has 10 heteroatoms. The lowest BCUT2D eigenvalue weighted by atomic mass is 10.1. The van der Waals surface area contributed by atoms with Crippen LogP contribution in [0.4, 0.5) is 20.6 Å². The zero-order valence-electron chi connectivity index (χ0n) is 14.6. The minimum Gasteiger partial charge on any atom is -0.335 e. The van der Waals surface area contributed by atoms with Crippen LogP contribution >= 0.6 is 11.6 Å². The van der Waals surface area contributed by atoms with Crippen LogP contribution in [0.3, 0.4) is 0 Å². The molecular weight excluding hydrogens is 391 g/mol. The lowest BCUT2D eigenvalue weighted by Crippen LogP contribution is -2.51. The fraction of sp³-hybridized carbons (Fsp3) is 0.222. The van der Waals surface area contributed by atoms with Gasteiger partial charge in [0.15, 0.2) is 0 Å². The number of anilines is 1. The van der Waals surface area contributed by atoms with E-state index in [0.29, 0.717) is 5.69 Å². The molecule has 1 N–H and O–H groups in total. The molecule has 1 heterocycles. The Morgan fingerprint density at radius 1 is 1.04 bits per heavy atom. The van der Waals surface area contributed by atoms with Crippen molar-refractivity contribution in [3.05, 3.63) is 69.0 Å². The van der Waals surface area contributed by atoms with Crippen molar-refractivity contribution in [1.29, 1.82) is 0 Å². The summed E-state index contributed by atoms with van der Waals surface area (Å²) in [6.07, 6.45) is 0. The van der Waals surface area contributed by atoms with E-state index in [1.165, 1.54) is 46.2 Å². The molecule has 3 amide bonds. The molecule has 3 rings (SSSR count). The zero-order valence-corrected chi connectivity index (χ0v) is 15.4. The summed E-state index contributed by atoms with van der Waals surface area (Å²) in [5.74, 6) is -0.886. The Morgan fingerprint density at radius 3 is 2.25 bits per heavy atom. The van der Waals surface area contributed by atoms with Crippen molar-refractivity contribution >= 4 is 34.9 Å². The summed E-state index contributed by atoms with van der Waals surface area (Å²) in [5, 5.41) is 14.0. The Hall–Kier alpha value is -3.20. The first-order valence-electron chi connectivity index (χ1n) is 8.40. The van der Waals surface area contributed by atoms with Crippen molar-refractivity contribution in [2.45, 2.75) is 0 Å². The first-order valence-corrected chi connectivity index (χ1v) is 8.77. The van der Waals surface area contributed by atoms with Crippen molar-refractivity contribution in [2.75, 3.05) is 31.5 Å². The van der Waals surface area contributed by atoms with Gasteiger partial charge in [0, 0.05) is 43.0 Å². The van der Waals surface area contributed by atoms with Crippen LogP contribution in [0.25, 0.3) is 0 Å². The molecule has 0 radical (unpaired) electrons. The third-order valence-electron chi connectivity index (χ3n) is 4.34. The van der Waals surface area contributed by atoms with Gasteiger partial charge in [-0.15, -0.1) is 0 Å². The highest BCUT2D eigenvalue weighted by Crippen LogP contribution is 2.25. The van der Waals surface area contributed by atoms with E-state index in [-0.39, 0.29) is 48.5 Å². The number of urea groups is 1. The van der Waals surface area contributed by atoms with Gasteiger partial charge in [0.1, 0.15) is 11.4 Å². The number of nitro benzene ring substituents is 1. The Balaban J connectivity index is 1.62. The van der Waals surface area contributed by atoms with E-state index in [4.69, 9.17) is 11.6 Å². The van der Waals surface area contributed by atoms with Gasteiger partial charge in [0.2, 0.25) is 0 Å². The van der Waals surface area contributed by atoms with Crippen LogP contribution in [-0.4, -0.2) is 52.8 Å². The highest BCUT2D eigenvalue weighted by atomic mass is 35.5. The molecule has 2 aromatic rings. The number of rotatable bonds is 3. The molecule has 0 unspecified atom stereocenters. The molecule has 146 valence electrons. The second-order valence-corrected chi connectivity index (χ2v) is 6.57. The number of hydrogen-bond acceptors (Lipinski definition) is 4. The Labute approximate surface area is 164 Å². The fourth-order valence-corrected chi connectivity index (χ4v) is 3.02. The summed E-state index contributed by atoms with van der Waals surface area (Å²) in [4.78, 5) is 38.5. The van der Waals surface area contributed by atoms with Crippen LogP contribution in [0.15, 0.2) is 42.5 Å². The van der Waals surface area contributed by atoms with Gasteiger partial charge in [-0.1, -0.05) is 11.6 Å². The van der Waals surface area contributed by atoms with E-state index < -0.39 is 16.6 Å². The molecule has 0 aliphatic carbocycles. The molecule has 0 saturated carbocycles. The molecule has 1 fully saturated rings. The summed E-state index contributed by atoms with van der Waals surface area (Å²) in [6, 6.07) is 8.91. The van der Waals surface area contributed by atoms with Gasteiger partial charge in [-0.25, -0.2) is 9.18 Å². The number of nitrogens with zero attached hydrogens (tertiary/aromatic N) is 3. The van der Waals surface area contributed by atoms with Crippen molar-refractivity contribution in [3.63, 3.8) is 0 Å². The van der Waals surface area contributed by atoms with Crippen molar-refractivity contribution < 1.29 is 18.9 Å². The first kappa shape index (κ1) is 19.6. The maximum atomic E-state index is 12.9. The summed E-state index contributed by atoms with van der Waals surface area (Å²) in [5.41, 5.74) is 0.0642. The molecular formula is C18H16ClFN4O4. The van der Waals surface area contributed by atoms with Crippen LogP contribution in [-0.2, 0) is 0 Å². The highest BCUT2D eigenvalue weighted by Gasteiger charge is 2.29. The standard InChI is InChI=1S/C18H16ClFN4O4/c19-12-1-6-15(16(11-12)24(27)28)17(25)22-7-9-23(10-8-22)18(26)21-14-4-2-13(20)3-5-14/h1-6,11H,7-10H2,(H,21,26). The van der Waals surface area contributed by atoms with Crippen molar-refractivity contribution in [3.8, 4) is 0 Å². The van der Waals surface area contributed by atoms with Crippen LogP contribution in [0, 0.1) is 15.9 Å². The maximum absolute atomic E-state index is 12.9. The van der Waals surface area contributed by atoms with E-state index in [0.717, 1.165) is 6.07 Å². The van der Waals surface area contributed by atoms with Gasteiger partial charge < -0.3 is 15.1 Å². The number of carbonyl (C=O) groups excluding carboxylic acids is 2. The molecule has 1 saturated heterocycles. The average molecular weight is 407 g/mol. The number of nitrogens with one attached hydrogen (secondary N) is 1. The Morgan fingerprint density at radius 2 is 1.64 bits per heavy atom. The fourth-order valence-electron chi connectivity index (χ4n) is 2.86. The average Bonchev–Trinajstić information content (AvgIpc) is 2.69. The highest BCUT2D eigenvalue weighted by molar-refractivity contribution is 6.31. The number of carbonyl (C=O) groups is 2. The van der Waals surface area contributed by atoms with Gasteiger partial charge in [-0.05, 0) is 36.4 Å². The number of benzene rings is 2. The number of hydrogen-bond donors (Lipinski definition) is 1. The molecule has 1 aliphatic rings. The SMILES string of the molecule is O=C(Nc1ccc(F)cc1)N1CCN(C(=O)c2ccc(Cl)cc2[N+](=O)[O-])CC1. The Bertz CT molecular complexity index is 914. The third kappa shape index (κ3) is 4.37. The molecule has 0 atom stereocenters. The molecule has 0 aromatic heterocycles. The summed E-state index contributed by atoms with van der Waals surface area (Å²) < 4.78 is 12.9. The smallest absolute Gasteiger partial charge is 0.321 e. The molecule has 0 bridgehead atoms. The summed E-state index contributed by atoms with van der Waals surface area (Å²) in [6.45, 7) is 0.991. The topological polar surface area (TPSA) is 95.8 Å². The monoisotopic (exact) mass is 406 g/mol. The third-order valence-corrected chi connectivity index (χ3v) is 4.57. The molecule has 0 spiro atoms. The number of amides is 3. The van der Waals surface area contributed by atoms with Crippen LogP contribution in [0.2, 0.25) is 5.02 Å². The van der Waals surface area contributed by atoms with Crippen LogP contribution in [0.5, 0.6) is 0 Å². The van der Waals surface area contributed by atoms with Crippen molar-refractivity contribution in [1.82, 2.24) is 9.80 Å².